The molecule has 4 rings (SSSR count). The molecule has 5 nitrogen and oxygen atoms in total. The highest BCUT2D eigenvalue weighted by Crippen LogP contribution is 2.36. The van der Waals surface area contributed by atoms with E-state index in [1.807, 2.05) is 19.2 Å². The van der Waals surface area contributed by atoms with Gasteiger partial charge in [-0.05, 0) is 45.8 Å². The molecule has 2 aliphatic heterocycles. The van der Waals surface area contributed by atoms with E-state index in [1.165, 1.54) is 25.8 Å². The van der Waals surface area contributed by atoms with Gasteiger partial charge in [-0.3, -0.25) is 0 Å². The number of fused-ring (bicyclic) bond motifs is 3. The summed E-state index contributed by atoms with van der Waals surface area (Å²) in [5, 5.41) is 0. The van der Waals surface area contributed by atoms with Gasteiger partial charge in [0.1, 0.15) is 11.3 Å². The van der Waals surface area contributed by atoms with Gasteiger partial charge in [0.2, 0.25) is 0 Å². The monoisotopic (exact) mass is 271 g/mol. The fourth-order valence-corrected chi connectivity index (χ4v) is 3.82. The lowest BCUT2D eigenvalue weighted by Gasteiger charge is -2.30. The Kier molecular flexibility index (Phi) is 2.70. The second-order valence-electron chi connectivity index (χ2n) is 6.18. The molecule has 0 amide bonds. The number of likely N-dealkylation sites (N-methyl/N-ethyl adjacent to an activating group) is 1. The van der Waals surface area contributed by atoms with E-state index in [2.05, 4.69) is 26.8 Å². The minimum absolute atomic E-state index is 0.591. The van der Waals surface area contributed by atoms with Gasteiger partial charge >= 0.3 is 0 Å². The van der Waals surface area contributed by atoms with E-state index >= 15 is 0 Å². The number of nitrogens with one attached hydrogen (secondary N) is 1. The van der Waals surface area contributed by atoms with Crippen LogP contribution in [0.4, 0.5) is 5.82 Å². The molecule has 0 radical (unpaired) electrons. The molecule has 0 saturated carbocycles. The minimum Gasteiger partial charge on any atom is -0.357 e. The topological polar surface area (TPSA) is 48.1 Å². The normalized spacial score (nSPS) is 27.2. The first-order chi connectivity index (χ1) is 9.72. The number of likely N-dealkylation sites (tertiary alicyclic amines) is 1. The lowest BCUT2D eigenvalue weighted by atomic mass is 10.1. The predicted octanol–water partition coefficient (Wildman–Crippen LogP) is 1.94. The van der Waals surface area contributed by atoms with Crippen LogP contribution >= 0.6 is 0 Å². The quantitative estimate of drug-likeness (QED) is 0.861. The summed E-state index contributed by atoms with van der Waals surface area (Å²) in [5.41, 5.74) is 2.13. The number of aromatic nitrogens is 3. The molecule has 2 aromatic heterocycles. The Morgan fingerprint density at radius 1 is 1.20 bits per heavy atom. The summed E-state index contributed by atoms with van der Waals surface area (Å²) in [6, 6.07) is 3.26. The fourth-order valence-electron chi connectivity index (χ4n) is 3.82. The van der Waals surface area contributed by atoms with E-state index < -0.39 is 0 Å². The number of H-pyrrole nitrogens is 1. The van der Waals surface area contributed by atoms with Gasteiger partial charge in [-0.15, -0.1) is 0 Å². The molecular formula is C15H21N5. The van der Waals surface area contributed by atoms with Gasteiger partial charge in [0.15, 0.2) is 5.82 Å². The highest BCUT2D eigenvalue weighted by atomic mass is 15.3. The summed E-state index contributed by atoms with van der Waals surface area (Å²) in [6.07, 6.45) is 5.77. The van der Waals surface area contributed by atoms with Crippen molar-refractivity contribution in [2.45, 2.75) is 38.3 Å². The van der Waals surface area contributed by atoms with Crippen LogP contribution in [-0.2, 0) is 0 Å². The number of nitrogens with zero attached hydrogens (tertiary/aromatic N) is 4. The van der Waals surface area contributed by atoms with E-state index in [-0.39, 0.29) is 0 Å². The average molecular weight is 271 g/mol. The Bertz CT molecular complexity index is 634. The van der Waals surface area contributed by atoms with Gasteiger partial charge in [-0.1, -0.05) is 0 Å². The second kappa shape index (κ2) is 4.45. The Hall–Kier alpha value is -1.62. The lowest BCUT2D eigenvalue weighted by Crippen LogP contribution is -2.39. The highest BCUT2D eigenvalue weighted by Gasteiger charge is 2.38. The van der Waals surface area contributed by atoms with Crippen LogP contribution in [0.15, 0.2) is 12.3 Å². The zero-order valence-corrected chi connectivity index (χ0v) is 12.1. The van der Waals surface area contributed by atoms with Crippen molar-refractivity contribution < 1.29 is 0 Å². The van der Waals surface area contributed by atoms with Crippen molar-refractivity contribution in [3.63, 3.8) is 0 Å². The summed E-state index contributed by atoms with van der Waals surface area (Å²) in [5.74, 6) is 1.98. The zero-order valence-electron chi connectivity index (χ0n) is 12.1. The van der Waals surface area contributed by atoms with E-state index in [0.717, 1.165) is 29.2 Å². The Morgan fingerprint density at radius 3 is 2.95 bits per heavy atom. The third kappa shape index (κ3) is 1.80. The highest BCUT2D eigenvalue weighted by molar-refractivity contribution is 5.86. The molecule has 2 fully saturated rings. The first kappa shape index (κ1) is 12.1. The van der Waals surface area contributed by atoms with Crippen molar-refractivity contribution in [1.82, 2.24) is 19.9 Å². The number of aromatic amines is 1. The number of hydrogen-bond acceptors (Lipinski definition) is 4. The van der Waals surface area contributed by atoms with Crippen molar-refractivity contribution >= 4 is 16.9 Å². The van der Waals surface area contributed by atoms with Crippen LogP contribution in [0, 0.1) is 6.92 Å². The molecule has 0 aromatic carbocycles. The molecule has 5 heteroatoms. The van der Waals surface area contributed by atoms with E-state index in [9.17, 15) is 0 Å². The fraction of sp³-hybridized carbons (Fsp3) is 0.600. The molecule has 0 spiro atoms. The standard InChI is InChI=1S/C15H21N5/c1-10-17-13-5-7-16-14(13)15(18-10)20-11-3-4-12(20)9-19(2)8-6-11/h5,7,11-12,16H,3-4,6,8-9H2,1-2H3/t11-,12+/m1/s1. The molecule has 2 bridgehead atoms. The predicted molar refractivity (Wildman–Crippen MR) is 80.0 cm³/mol. The van der Waals surface area contributed by atoms with Crippen LogP contribution in [0.5, 0.6) is 0 Å². The summed E-state index contributed by atoms with van der Waals surface area (Å²) in [6.45, 7) is 4.32. The largest absolute Gasteiger partial charge is 0.357 e. The van der Waals surface area contributed by atoms with Crippen LogP contribution in [0.3, 0.4) is 0 Å². The van der Waals surface area contributed by atoms with Crippen molar-refractivity contribution in [3.8, 4) is 0 Å². The summed E-state index contributed by atoms with van der Waals surface area (Å²) in [7, 11) is 2.23. The molecule has 0 unspecified atom stereocenters. The van der Waals surface area contributed by atoms with Crippen LogP contribution in [-0.4, -0.2) is 52.1 Å². The van der Waals surface area contributed by atoms with Crippen molar-refractivity contribution in [2.24, 2.45) is 0 Å². The third-order valence-electron chi connectivity index (χ3n) is 4.73. The van der Waals surface area contributed by atoms with Gasteiger partial charge in [0.25, 0.3) is 0 Å². The smallest absolute Gasteiger partial charge is 0.157 e. The van der Waals surface area contributed by atoms with Crippen LogP contribution in [0.25, 0.3) is 11.0 Å². The van der Waals surface area contributed by atoms with Crippen molar-refractivity contribution in [1.29, 1.82) is 0 Å². The molecule has 20 heavy (non-hydrogen) atoms. The molecule has 2 aliphatic rings. The first-order valence-electron chi connectivity index (χ1n) is 7.51. The maximum absolute atomic E-state index is 4.77. The van der Waals surface area contributed by atoms with Gasteiger partial charge in [-0.2, -0.15) is 0 Å². The number of rotatable bonds is 1. The number of anilines is 1. The van der Waals surface area contributed by atoms with Crippen LogP contribution < -0.4 is 4.90 Å². The molecule has 0 aliphatic carbocycles. The van der Waals surface area contributed by atoms with E-state index in [0.29, 0.717) is 12.1 Å². The maximum atomic E-state index is 4.77. The van der Waals surface area contributed by atoms with Crippen LogP contribution in [0.2, 0.25) is 0 Å². The molecule has 106 valence electrons. The zero-order chi connectivity index (χ0) is 13.7. The molecule has 1 N–H and O–H groups in total. The minimum atomic E-state index is 0.591. The third-order valence-corrected chi connectivity index (χ3v) is 4.73. The molecule has 2 aromatic rings. The molecule has 2 atom stereocenters. The number of hydrogen-bond donors (Lipinski definition) is 1. The van der Waals surface area contributed by atoms with Gasteiger partial charge in [-0.25, -0.2) is 9.97 Å². The summed E-state index contributed by atoms with van der Waals surface area (Å²) < 4.78 is 0. The van der Waals surface area contributed by atoms with E-state index in [4.69, 9.17) is 4.98 Å². The van der Waals surface area contributed by atoms with Crippen molar-refractivity contribution in [3.05, 3.63) is 18.1 Å². The molecular weight excluding hydrogens is 250 g/mol. The second-order valence-corrected chi connectivity index (χ2v) is 6.18. The molecule has 2 saturated heterocycles. The number of aryl methyl sites for hydroxylation is 1. The summed E-state index contributed by atoms with van der Waals surface area (Å²) in [4.78, 5) is 17.6. The van der Waals surface area contributed by atoms with Gasteiger partial charge in [0, 0.05) is 24.8 Å². The molecule has 4 heterocycles. The first-order valence-corrected chi connectivity index (χ1v) is 7.51. The van der Waals surface area contributed by atoms with Crippen LogP contribution in [0.1, 0.15) is 25.1 Å². The van der Waals surface area contributed by atoms with Gasteiger partial charge in [0.05, 0.1) is 5.52 Å². The van der Waals surface area contributed by atoms with Gasteiger partial charge < -0.3 is 14.8 Å². The average Bonchev–Trinajstić information content (AvgIpc) is 2.97. The lowest BCUT2D eigenvalue weighted by molar-refractivity contribution is 0.315. The Labute approximate surface area is 119 Å². The Balaban J connectivity index is 1.84. The SMILES string of the molecule is Cc1nc(N2[C@@H]3CC[C@H]2CN(C)CC3)c2[nH]ccc2n1. The Morgan fingerprint density at radius 2 is 2.05 bits per heavy atom. The van der Waals surface area contributed by atoms with E-state index in [1.54, 1.807) is 0 Å². The van der Waals surface area contributed by atoms with Crippen molar-refractivity contribution in [2.75, 3.05) is 25.0 Å². The summed E-state index contributed by atoms with van der Waals surface area (Å²) >= 11 is 0. The maximum Gasteiger partial charge on any atom is 0.157 e.